The number of rotatable bonds is 7. The van der Waals surface area contributed by atoms with E-state index in [0.717, 1.165) is 22.6 Å². The lowest BCUT2D eigenvalue weighted by atomic mass is 10.1. The third kappa shape index (κ3) is 6.92. The standard InChI is InChI=1S/C20H22F3NO2S/c1-13(2)27-17-9-3-14(4-10-17)11-19(26)24-12-18(25)15-5-7-16(8-6-15)20(21,22)23/h3-10,13,18,25H,11-12H2,1-2H3,(H,24,26)/t18-/m0/s1. The highest BCUT2D eigenvalue weighted by molar-refractivity contribution is 7.99. The van der Waals surface area contributed by atoms with Crippen molar-refractivity contribution < 1.29 is 23.1 Å². The first kappa shape index (κ1) is 21.3. The second kappa shape index (κ2) is 9.28. The first-order chi connectivity index (χ1) is 12.6. The summed E-state index contributed by atoms with van der Waals surface area (Å²) in [5.41, 5.74) is 0.393. The lowest BCUT2D eigenvalue weighted by Gasteiger charge is -2.14. The van der Waals surface area contributed by atoms with E-state index in [1.54, 1.807) is 11.8 Å². The predicted molar refractivity (Wildman–Crippen MR) is 101 cm³/mol. The molecule has 0 saturated carbocycles. The van der Waals surface area contributed by atoms with Gasteiger partial charge < -0.3 is 10.4 Å². The van der Waals surface area contributed by atoms with Gasteiger partial charge in [0.2, 0.25) is 5.91 Å². The highest BCUT2D eigenvalue weighted by Crippen LogP contribution is 2.29. The molecule has 0 aliphatic heterocycles. The highest BCUT2D eigenvalue weighted by atomic mass is 32.2. The van der Waals surface area contributed by atoms with Crippen molar-refractivity contribution in [1.82, 2.24) is 5.32 Å². The van der Waals surface area contributed by atoms with Gasteiger partial charge in [0.15, 0.2) is 0 Å². The molecule has 0 unspecified atom stereocenters. The normalized spacial score (nSPS) is 12.9. The number of benzene rings is 2. The van der Waals surface area contributed by atoms with Crippen molar-refractivity contribution in [2.75, 3.05) is 6.54 Å². The number of carbonyl (C=O) groups excluding carboxylic acids is 1. The van der Waals surface area contributed by atoms with Crippen LogP contribution in [0.4, 0.5) is 13.2 Å². The van der Waals surface area contributed by atoms with E-state index in [1.807, 2.05) is 24.3 Å². The van der Waals surface area contributed by atoms with E-state index in [1.165, 1.54) is 12.1 Å². The minimum absolute atomic E-state index is 0.0640. The molecule has 0 aliphatic rings. The molecule has 0 aliphatic carbocycles. The number of hydrogen-bond acceptors (Lipinski definition) is 3. The molecule has 0 saturated heterocycles. The van der Waals surface area contributed by atoms with Crippen LogP contribution >= 0.6 is 11.8 Å². The Kier molecular flexibility index (Phi) is 7.33. The van der Waals surface area contributed by atoms with E-state index in [0.29, 0.717) is 10.8 Å². The van der Waals surface area contributed by atoms with Gasteiger partial charge in [0, 0.05) is 16.7 Å². The number of thioether (sulfide) groups is 1. The fourth-order valence-corrected chi connectivity index (χ4v) is 3.27. The second-order valence-corrected chi connectivity index (χ2v) is 8.08. The zero-order chi connectivity index (χ0) is 20.0. The van der Waals surface area contributed by atoms with Crippen molar-refractivity contribution in [1.29, 1.82) is 0 Å². The summed E-state index contributed by atoms with van der Waals surface area (Å²) in [5, 5.41) is 13.1. The van der Waals surface area contributed by atoms with Crippen molar-refractivity contribution in [3.8, 4) is 0 Å². The quantitative estimate of drug-likeness (QED) is 0.672. The number of nitrogens with one attached hydrogen (secondary N) is 1. The van der Waals surface area contributed by atoms with E-state index >= 15 is 0 Å². The summed E-state index contributed by atoms with van der Waals surface area (Å²) in [6.45, 7) is 4.15. The summed E-state index contributed by atoms with van der Waals surface area (Å²) in [5.74, 6) is -0.259. The number of aliphatic hydroxyl groups is 1. The highest BCUT2D eigenvalue weighted by Gasteiger charge is 2.30. The number of hydrogen-bond donors (Lipinski definition) is 2. The Labute approximate surface area is 161 Å². The summed E-state index contributed by atoms with van der Waals surface area (Å²) in [4.78, 5) is 13.2. The third-order valence-electron chi connectivity index (χ3n) is 3.78. The van der Waals surface area contributed by atoms with Gasteiger partial charge in [0.05, 0.1) is 18.1 Å². The van der Waals surface area contributed by atoms with Gasteiger partial charge in [-0.05, 0) is 35.4 Å². The third-order valence-corrected chi connectivity index (χ3v) is 4.79. The molecule has 2 aromatic rings. The van der Waals surface area contributed by atoms with Crippen molar-refractivity contribution in [3.63, 3.8) is 0 Å². The van der Waals surface area contributed by atoms with Crippen LogP contribution in [0.25, 0.3) is 0 Å². The molecule has 7 heteroatoms. The molecule has 0 bridgehead atoms. The molecular formula is C20H22F3NO2S. The zero-order valence-corrected chi connectivity index (χ0v) is 15.9. The minimum atomic E-state index is -4.42. The van der Waals surface area contributed by atoms with E-state index in [-0.39, 0.29) is 18.9 Å². The van der Waals surface area contributed by atoms with Crippen LogP contribution < -0.4 is 5.32 Å². The molecular weight excluding hydrogens is 375 g/mol. The van der Waals surface area contributed by atoms with Crippen molar-refractivity contribution >= 4 is 17.7 Å². The van der Waals surface area contributed by atoms with Crippen molar-refractivity contribution in [2.24, 2.45) is 0 Å². The fraction of sp³-hybridized carbons (Fsp3) is 0.350. The van der Waals surface area contributed by atoms with Gasteiger partial charge in [-0.25, -0.2) is 0 Å². The smallest absolute Gasteiger partial charge is 0.387 e. The van der Waals surface area contributed by atoms with Gasteiger partial charge in [0.1, 0.15) is 0 Å². The molecule has 2 N–H and O–H groups in total. The van der Waals surface area contributed by atoms with E-state index in [2.05, 4.69) is 19.2 Å². The Morgan fingerprint density at radius 2 is 1.67 bits per heavy atom. The number of alkyl halides is 3. The molecule has 0 radical (unpaired) electrons. The van der Waals surface area contributed by atoms with Crippen LogP contribution in [0.1, 0.15) is 36.6 Å². The van der Waals surface area contributed by atoms with Crippen LogP contribution in [0.2, 0.25) is 0 Å². The average molecular weight is 397 g/mol. The largest absolute Gasteiger partial charge is 0.416 e. The molecule has 0 aromatic heterocycles. The number of halogens is 3. The van der Waals surface area contributed by atoms with Crippen LogP contribution in [0.3, 0.4) is 0 Å². The van der Waals surface area contributed by atoms with Crippen LogP contribution in [-0.2, 0) is 17.4 Å². The van der Waals surface area contributed by atoms with Gasteiger partial charge in [-0.2, -0.15) is 13.2 Å². The van der Waals surface area contributed by atoms with E-state index in [9.17, 15) is 23.1 Å². The van der Waals surface area contributed by atoms with Crippen molar-refractivity contribution in [2.45, 2.75) is 42.7 Å². The monoisotopic (exact) mass is 397 g/mol. The molecule has 0 spiro atoms. The number of amides is 1. The summed E-state index contributed by atoms with van der Waals surface area (Å²) in [6.07, 6.45) is -5.31. The van der Waals surface area contributed by atoms with Crippen LogP contribution in [0.15, 0.2) is 53.4 Å². The molecule has 1 atom stereocenters. The average Bonchev–Trinajstić information content (AvgIpc) is 2.60. The minimum Gasteiger partial charge on any atom is -0.387 e. The molecule has 1 amide bonds. The molecule has 0 heterocycles. The SMILES string of the molecule is CC(C)Sc1ccc(CC(=O)NC[C@H](O)c2ccc(C(F)(F)F)cc2)cc1. The summed E-state index contributed by atoms with van der Waals surface area (Å²) < 4.78 is 37.6. The van der Waals surface area contributed by atoms with Crippen molar-refractivity contribution in [3.05, 3.63) is 65.2 Å². The first-order valence-corrected chi connectivity index (χ1v) is 9.40. The Balaban J connectivity index is 1.84. The topological polar surface area (TPSA) is 49.3 Å². The summed E-state index contributed by atoms with van der Waals surface area (Å²) in [6, 6.07) is 11.9. The number of carbonyl (C=O) groups is 1. The van der Waals surface area contributed by atoms with Gasteiger partial charge >= 0.3 is 6.18 Å². The Morgan fingerprint density at radius 1 is 1.07 bits per heavy atom. The molecule has 3 nitrogen and oxygen atoms in total. The van der Waals surface area contributed by atoms with Gasteiger partial charge in [0.25, 0.3) is 0 Å². The van der Waals surface area contributed by atoms with E-state index in [4.69, 9.17) is 0 Å². The molecule has 2 rings (SSSR count). The molecule has 2 aromatic carbocycles. The van der Waals surface area contributed by atoms with Crippen LogP contribution in [0.5, 0.6) is 0 Å². The fourth-order valence-electron chi connectivity index (χ4n) is 2.43. The molecule has 0 fully saturated rings. The van der Waals surface area contributed by atoms with Gasteiger partial charge in [-0.3, -0.25) is 4.79 Å². The summed E-state index contributed by atoms with van der Waals surface area (Å²) in [7, 11) is 0. The van der Waals surface area contributed by atoms with Crippen LogP contribution in [0, 0.1) is 0 Å². The lowest BCUT2D eigenvalue weighted by Crippen LogP contribution is -2.29. The zero-order valence-electron chi connectivity index (χ0n) is 15.1. The van der Waals surface area contributed by atoms with Crippen LogP contribution in [-0.4, -0.2) is 22.8 Å². The van der Waals surface area contributed by atoms with E-state index < -0.39 is 17.8 Å². The molecule has 146 valence electrons. The first-order valence-electron chi connectivity index (χ1n) is 8.52. The molecule has 27 heavy (non-hydrogen) atoms. The Bertz CT molecular complexity index is 743. The maximum atomic E-state index is 12.5. The maximum Gasteiger partial charge on any atom is 0.416 e. The van der Waals surface area contributed by atoms with Gasteiger partial charge in [-0.1, -0.05) is 38.1 Å². The van der Waals surface area contributed by atoms with Gasteiger partial charge in [-0.15, -0.1) is 11.8 Å². The lowest BCUT2D eigenvalue weighted by molar-refractivity contribution is -0.137. The Morgan fingerprint density at radius 3 is 2.19 bits per heavy atom. The second-order valence-electron chi connectivity index (χ2n) is 6.43. The maximum absolute atomic E-state index is 12.5. The Hall–Kier alpha value is -1.99. The predicted octanol–water partition coefficient (Wildman–Crippen LogP) is 4.60. The summed E-state index contributed by atoms with van der Waals surface area (Å²) >= 11 is 1.74. The number of aliphatic hydroxyl groups excluding tert-OH is 1.